The van der Waals surface area contributed by atoms with Crippen LogP contribution in [0.3, 0.4) is 0 Å². The number of carbonyl (C=O) groups excluding carboxylic acids is 1. The number of benzene rings is 1. The highest BCUT2D eigenvalue weighted by atomic mass is 79.9. The fourth-order valence-electron chi connectivity index (χ4n) is 4.26. The lowest BCUT2D eigenvalue weighted by molar-refractivity contribution is 0.0523. The summed E-state index contributed by atoms with van der Waals surface area (Å²) in [5.41, 5.74) is 4.07. The fourth-order valence-corrected chi connectivity index (χ4v) is 4.84. The molecule has 1 atom stereocenters. The van der Waals surface area contributed by atoms with Crippen LogP contribution >= 0.6 is 15.9 Å². The van der Waals surface area contributed by atoms with Crippen molar-refractivity contribution in [2.24, 2.45) is 5.41 Å². The number of rotatable bonds is 2. The van der Waals surface area contributed by atoms with Crippen LogP contribution in [0.5, 0.6) is 5.75 Å². The van der Waals surface area contributed by atoms with Crippen LogP contribution in [-0.4, -0.2) is 23.8 Å². The summed E-state index contributed by atoms with van der Waals surface area (Å²) in [5, 5.41) is 0. The summed E-state index contributed by atoms with van der Waals surface area (Å²) in [6.07, 6.45) is 3.39. The van der Waals surface area contributed by atoms with E-state index in [-0.39, 0.29) is 29.1 Å². The van der Waals surface area contributed by atoms with Gasteiger partial charge in [-0.3, -0.25) is 4.79 Å². The van der Waals surface area contributed by atoms with Crippen LogP contribution in [0.2, 0.25) is 0 Å². The summed E-state index contributed by atoms with van der Waals surface area (Å²) in [7, 11) is 0. The SMILES string of the molecule is CCOC(=O)c1cn2c(cc1=O)-c1cc(Br)c3c(c1C[C@H]2C(C)(C)C)CCO3. The van der Waals surface area contributed by atoms with Gasteiger partial charge < -0.3 is 14.0 Å². The normalized spacial score (nSPS) is 17.4. The monoisotopic (exact) mass is 445 g/mol. The molecule has 1 aromatic heterocycles. The summed E-state index contributed by atoms with van der Waals surface area (Å²) in [4.78, 5) is 25.0. The molecule has 0 radical (unpaired) electrons. The van der Waals surface area contributed by atoms with Crippen molar-refractivity contribution < 1.29 is 14.3 Å². The quantitative estimate of drug-likeness (QED) is 0.636. The van der Waals surface area contributed by atoms with E-state index in [2.05, 4.69) is 41.3 Å². The van der Waals surface area contributed by atoms with Crippen molar-refractivity contribution in [3.63, 3.8) is 0 Å². The number of hydrogen-bond donors (Lipinski definition) is 0. The number of carbonyl (C=O) groups is 1. The molecule has 2 aromatic rings. The highest BCUT2D eigenvalue weighted by Crippen LogP contribution is 2.48. The van der Waals surface area contributed by atoms with Crippen molar-refractivity contribution in [1.29, 1.82) is 0 Å². The van der Waals surface area contributed by atoms with Gasteiger partial charge in [0.2, 0.25) is 0 Å². The average Bonchev–Trinajstić information content (AvgIpc) is 3.11. The van der Waals surface area contributed by atoms with Crippen molar-refractivity contribution in [2.75, 3.05) is 13.2 Å². The Balaban J connectivity index is 1.99. The van der Waals surface area contributed by atoms with Gasteiger partial charge in [-0.2, -0.15) is 0 Å². The second-order valence-corrected chi connectivity index (χ2v) is 9.30. The highest BCUT2D eigenvalue weighted by Gasteiger charge is 2.36. The molecular formula is C22H24BrNO4. The second-order valence-electron chi connectivity index (χ2n) is 8.44. The Labute approximate surface area is 172 Å². The number of halogens is 1. The summed E-state index contributed by atoms with van der Waals surface area (Å²) >= 11 is 3.62. The summed E-state index contributed by atoms with van der Waals surface area (Å²) in [6.45, 7) is 9.21. The van der Waals surface area contributed by atoms with Crippen LogP contribution in [-0.2, 0) is 17.6 Å². The molecule has 0 unspecified atom stereocenters. The van der Waals surface area contributed by atoms with Gasteiger partial charge in [0.25, 0.3) is 0 Å². The van der Waals surface area contributed by atoms with Crippen LogP contribution in [0.25, 0.3) is 11.3 Å². The van der Waals surface area contributed by atoms with Crippen LogP contribution in [0.4, 0.5) is 0 Å². The lowest BCUT2D eigenvalue weighted by atomic mass is 9.77. The molecule has 0 fully saturated rings. The molecule has 28 heavy (non-hydrogen) atoms. The first-order valence-corrected chi connectivity index (χ1v) is 10.4. The number of fused-ring (bicyclic) bond motifs is 5. The van der Waals surface area contributed by atoms with Gasteiger partial charge >= 0.3 is 5.97 Å². The molecule has 0 amide bonds. The van der Waals surface area contributed by atoms with Crippen LogP contribution in [0.15, 0.2) is 27.6 Å². The number of ether oxygens (including phenoxy) is 2. The number of aromatic nitrogens is 1. The Morgan fingerprint density at radius 1 is 1.32 bits per heavy atom. The smallest absolute Gasteiger partial charge is 0.343 e. The minimum Gasteiger partial charge on any atom is -0.492 e. The molecule has 6 heteroatoms. The van der Waals surface area contributed by atoms with E-state index in [4.69, 9.17) is 9.47 Å². The van der Waals surface area contributed by atoms with Gasteiger partial charge in [0.15, 0.2) is 5.43 Å². The van der Waals surface area contributed by atoms with Gasteiger partial charge in [0.05, 0.1) is 23.4 Å². The molecule has 3 heterocycles. The predicted octanol–water partition coefficient (Wildman–Crippen LogP) is 4.53. The number of nitrogens with zero attached hydrogens (tertiary/aromatic N) is 1. The molecule has 0 saturated carbocycles. The van der Waals surface area contributed by atoms with Gasteiger partial charge in [0.1, 0.15) is 11.3 Å². The van der Waals surface area contributed by atoms with Gasteiger partial charge in [-0.15, -0.1) is 0 Å². The standard InChI is InChI=1S/C22H24BrNO4/c1-5-27-21(26)15-11-24-17(10-18(15)25)14-8-16(23)20-12(6-7-28-20)13(14)9-19(24)22(2,3)4/h8,10-11,19H,5-7,9H2,1-4H3/t19-/m0/s1. The third kappa shape index (κ3) is 2.98. The van der Waals surface area contributed by atoms with E-state index >= 15 is 0 Å². The topological polar surface area (TPSA) is 57.5 Å². The van der Waals surface area contributed by atoms with Gasteiger partial charge in [-0.25, -0.2) is 4.79 Å². The fraction of sp³-hybridized carbons (Fsp3) is 0.455. The maximum atomic E-state index is 12.7. The minimum atomic E-state index is -0.565. The van der Waals surface area contributed by atoms with E-state index < -0.39 is 5.97 Å². The Morgan fingerprint density at radius 2 is 2.07 bits per heavy atom. The number of hydrogen-bond acceptors (Lipinski definition) is 4. The van der Waals surface area contributed by atoms with E-state index in [1.54, 1.807) is 19.2 Å². The molecule has 2 aliphatic heterocycles. The Hall–Kier alpha value is -2.08. The molecule has 148 valence electrons. The lowest BCUT2D eigenvalue weighted by Gasteiger charge is -2.39. The zero-order valence-corrected chi connectivity index (χ0v) is 18.2. The van der Waals surface area contributed by atoms with E-state index in [0.29, 0.717) is 6.61 Å². The summed E-state index contributed by atoms with van der Waals surface area (Å²) < 4.78 is 13.9. The Bertz CT molecular complexity index is 1030. The summed E-state index contributed by atoms with van der Waals surface area (Å²) in [5.74, 6) is 0.357. The third-order valence-electron chi connectivity index (χ3n) is 5.63. The Morgan fingerprint density at radius 3 is 2.75 bits per heavy atom. The predicted molar refractivity (Wildman–Crippen MR) is 111 cm³/mol. The minimum absolute atomic E-state index is 0.0626. The molecule has 0 spiro atoms. The zero-order valence-electron chi connectivity index (χ0n) is 16.6. The molecule has 1 aromatic carbocycles. The second kappa shape index (κ2) is 6.76. The van der Waals surface area contributed by atoms with Gasteiger partial charge in [-0.1, -0.05) is 20.8 Å². The molecule has 4 rings (SSSR count). The van der Waals surface area contributed by atoms with Crippen molar-refractivity contribution >= 4 is 21.9 Å². The highest BCUT2D eigenvalue weighted by molar-refractivity contribution is 9.10. The Kier molecular flexibility index (Phi) is 4.65. The molecule has 0 N–H and O–H groups in total. The van der Waals surface area contributed by atoms with E-state index in [1.165, 1.54) is 11.1 Å². The molecule has 2 aliphatic rings. The van der Waals surface area contributed by atoms with Crippen molar-refractivity contribution in [1.82, 2.24) is 4.57 Å². The first kappa shape index (κ1) is 19.2. The van der Waals surface area contributed by atoms with Crippen LogP contribution < -0.4 is 10.2 Å². The third-order valence-corrected chi connectivity index (χ3v) is 6.22. The molecular weight excluding hydrogens is 422 g/mol. The van der Waals surface area contributed by atoms with E-state index in [9.17, 15) is 9.59 Å². The van der Waals surface area contributed by atoms with Crippen LogP contribution in [0, 0.1) is 5.41 Å². The molecule has 0 saturated heterocycles. The van der Waals surface area contributed by atoms with Crippen molar-refractivity contribution in [3.05, 3.63) is 49.7 Å². The zero-order chi connectivity index (χ0) is 20.2. The van der Waals surface area contributed by atoms with E-state index in [1.807, 2.05) is 6.07 Å². The van der Waals surface area contributed by atoms with Gasteiger partial charge in [0, 0.05) is 35.9 Å². The lowest BCUT2D eigenvalue weighted by Crippen LogP contribution is -2.33. The van der Waals surface area contributed by atoms with Crippen LogP contribution in [0.1, 0.15) is 55.2 Å². The van der Waals surface area contributed by atoms with E-state index in [0.717, 1.165) is 34.3 Å². The first-order valence-electron chi connectivity index (χ1n) is 9.63. The maximum absolute atomic E-state index is 12.7. The molecule has 0 bridgehead atoms. The van der Waals surface area contributed by atoms with Gasteiger partial charge in [-0.05, 0) is 46.3 Å². The molecule has 5 nitrogen and oxygen atoms in total. The summed E-state index contributed by atoms with van der Waals surface area (Å²) in [6, 6.07) is 3.72. The first-order chi connectivity index (χ1) is 13.2. The average molecular weight is 446 g/mol. The molecule has 0 aliphatic carbocycles. The maximum Gasteiger partial charge on any atom is 0.343 e. The number of pyridine rings is 1. The van der Waals surface area contributed by atoms with Crippen molar-refractivity contribution in [3.8, 4) is 17.0 Å². The number of esters is 1. The van der Waals surface area contributed by atoms with Crippen molar-refractivity contribution in [2.45, 2.75) is 46.6 Å². The largest absolute Gasteiger partial charge is 0.492 e.